The SMILES string of the molecule is O=C(Nc1ccc(Br)cc1C(=O)O)c1cc(-c2ccccc2)on1. The maximum Gasteiger partial charge on any atom is 0.337 e. The summed E-state index contributed by atoms with van der Waals surface area (Å²) in [7, 11) is 0. The van der Waals surface area contributed by atoms with E-state index in [-0.39, 0.29) is 16.9 Å². The summed E-state index contributed by atoms with van der Waals surface area (Å²) in [5.41, 5.74) is 1.01. The van der Waals surface area contributed by atoms with E-state index in [2.05, 4.69) is 26.4 Å². The van der Waals surface area contributed by atoms with Gasteiger partial charge in [0.15, 0.2) is 11.5 Å². The Labute approximate surface area is 145 Å². The molecule has 1 amide bonds. The van der Waals surface area contributed by atoms with E-state index in [1.54, 1.807) is 6.07 Å². The average Bonchev–Trinajstić information content (AvgIpc) is 3.07. The van der Waals surface area contributed by atoms with Crippen LogP contribution in [0.15, 0.2) is 63.6 Å². The summed E-state index contributed by atoms with van der Waals surface area (Å²) in [6.45, 7) is 0. The van der Waals surface area contributed by atoms with E-state index in [0.717, 1.165) is 5.56 Å². The Kier molecular flexibility index (Phi) is 4.43. The summed E-state index contributed by atoms with van der Waals surface area (Å²) in [5, 5.41) is 15.5. The first-order valence-electron chi connectivity index (χ1n) is 6.91. The highest BCUT2D eigenvalue weighted by molar-refractivity contribution is 9.10. The van der Waals surface area contributed by atoms with Crippen LogP contribution in [0.4, 0.5) is 5.69 Å². The van der Waals surface area contributed by atoms with Crippen LogP contribution in [0.3, 0.4) is 0 Å². The van der Waals surface area contributed by atoms with E-state index in [9.17, 15) is 14.7 Å². The molecule has 0 bridgehead atoms. The maximum atomic E-state index is 12.3. The molecule has 0 aliphatic carbocycles. The van der Waals surface area contributed by atoms with Crippen LogP contribution in [0.2, 0.25) is 0 Å². The van der Waals surface area contributed by atoms with E-state index >= 15 is 0 Å². The van der Waals surface area contributed by atoms with Crippen LogP contribution >= 0.6 is 15.9 Å². The molecule has 0 aliphatic heterocycles. The quantitative estimate of drug-likeness (QED) is 0.705. The Morgan fingerprint density at radius 3 is 2.54 bits per heavy atom. The molecule has 1 aromatic heterocycles. The van der Waals surface area contributed by atoms with E-state index in [0.29, 0.717) is 10.2 Å². The Balaban J connectivity index is 1.84. The molecular formula is C17H11BrN2O4. The van der Waals surface area contributed by atoms with Crippen LogP contribution in [0.5, 0.6) is 0 Å². The molecule has 24 heavy (non-hydrogen) atoms. The predicted octanol–water partition coefficient (Wildman–Crippen LogP) is 4.05. The van der Waals surface area contributed by atoms with Gasteiger partial charge in [-0.1, -0.05) is 51.4 Å². The summed E-state index contributed by atoms with van der Waals surface area (Å²) in [5.74, 6) is -1.24. The summed E-state index contributed by atoms with van der Waals surface area (Å²) in [6.07, 6.45) is 0. The number of aromatic carboxylic acids is 1. The molecule has 3 aromatic rings. The zero-order valence-electron chi connectivity index (χ0n) is 12.2. The monoisotopic (exact) mass is 386 g/mol. The van der Waals surface area contributed by atoms with Crippen molar-refractivity contribution in [2.45, 2.75) is 0 Å². The highest BCUT2D eigenvalue weighted by Gasteiger charge is 2.17. The molecule has 2 N–H and O–H groups in total. The van der Waals surface area contributed by atoms with Gasteiger partial charge in [0.2, 0.25) is 0 Å². The van der Waals surface area contributed by atoms with Gasteiger partial charge in [-0.15, -0.1) is 0 Å². The molecule has 2 aromatic carbocycles. The highest BCUT2D eigenvalue weighted by Crippen LogP contribution is 2.23. The molecule has 0 saturated carbocycles. The zero-order valence-corrected chi connectivity index (χ0v) is 13.8. The van der Waals surface area contributed by atoms with Gasteiger partial charge in [0.25, 0.3) is 5.91 Å². The number of halogens is 1. The minimum Gasteiger partial charge on any atom is -0.478 e. The van der Waals surface area contributed by atoms with Gasteiger partial charge in [0.1, 0.15) is 0 Å². The largest absolute Gasteiger partial charge is 0.478 e. The molecule has 0 aliphatic rings. The Morgan fingerprint density at radius 1 is 1.08 bits per heavy atom. The van der Waals surface area contributed by atoms with Crippen molar-refractivity contribution < 1.29 is 19.2 Å². The molecule has 0 saturated heterocycles. The second kappa shape index (κ2) is 6.67. The lowest BCUT2D eigenvalue weighted by Crippen LogP contribution is -2.15. The number of rotatable bonds is 4. The molecule has 1 heterocycles. The second-order valence-corrected chi connectivity index (χ2v) is 5.81. The lowest BCUT2D eigenvalue weighted by molar-refractivity contribution is 0.0698. The van der Waals surface area contributed by atoms with Crippen LogP contribution in [-0.4, -0.2) is 22.1 Å². The topological polar surface area (TPSA) is 92.4 Å². The van der Waals surface area contributed by atoms with Crippen molar-refractivity contribution in [3.8, 4) is 11.3 Å². The van der Waals surface area contributed by atoms with Gasteiger partial charge in [0, 0.05) is 16.1 Å². The molecule has 3 rings (SSSR count). The number of benzene rings is 2. The van der Waals surface area contributed by atoms with Crippen LogP contribution in [0.1, 0.15) is 20.8 Å². The zero-order chi connectivity index (χ0) is 17.1. The number of anilines is 1. The fourth-order valence-corrected chi connectivity index (χ4v) is 2.47. The maximum absolute atomic E-state index is 12.3. The third-order valence-electron chi connectivity index (χ3n) is 3.26. The molecular weight excluding hydrogens is 376 g/mol. The van der Waals surface area contributed by atoms with Gasteiger partial charge < -0.3 is 14.9 Å². The van der Waals surface area contributed by atoms with Crippen molar-refractivity contribution in [2.24, 2.45) is 0 Å². The number of amides is 1. The number of hydrogen-bond acceptors (Lipinski definition) is 4. The lowest BCUT2D eigenvalue weighted by Gasteiger charge is -2.07. The van der Waals surface area contributed by atoms with E-state index in [1.165, 1.54) is 18.2 Å². The number of nitrogens with zero attached hydrogens (tertiary/aromatic N) is 1. The third kappa shape index (κ3) is 3.36. The van der Waals surface area contributed by atoms with Crippen LogP contribution < -0.4 is 5.32 Å². The van der Waals surface area contributed by atoms with Gasteiger partial charge in [-0.2, -0.15) is 0 Å². The summed E-state index contributed by atoms with van der Waals surface area (Å²) >= 11 is 3.20. The van der Waals surface area contributed by atoms with Crippen molar-refractivity contribution in [2.75, 3.05) is 5.32 Å². The Morgan fingerprint density at radius 2 is 1.83 bits per heavy atom. The number of carboxylic acids is 1. The highest BCUT2D eigenvalue weighted by atomic mass is 79.9. The first-order chi connectivity index (χ1) is 11.5. The normalized spacial score (nSPS) is 10.4. The van der Waals surface area contributed by atoms with Crippen molar-refractivity contribution in [3.05, 3.63) is 70.3 Å². The summed E-state index contributed by atoms with van der Waals surface area (Å²) in [4.78, 5) is 23.6. The Hall–Kier alpha value is -2.93. The molecule has 0 radical (unpaired) electrons. The fourth-order valence-electron chi connectivity index (χ4n) is 2.11. The number of hydrogen-bond donors (Lipinski definition) is 2. The summed E-state index contributed by atoms with van der Waals surface area (Å²) < 4.78 is 5.77. The third-order valence-corrected chi connectivity index (χ3v) is 3.75. The van der Waals surface area contributed by atoms with Gasteiger partial charge in [0.05, 0.1) is 11.3 Å². The number of carbonyl (C=O) groups is 2. The molecule has 0 atom stereocenters. The lowest BCUT2D eigenvalue weighted by atomic mass is 10.1. The molecule has 7 heteroatoms. The van der Waals surface area contributed by atoms with Crippen LogP contribution in [0.25, 0.3) is 11.3 Å². The number of carbonyl (C=O) groups excluding carboxylic acids is 1. The predicted molar refractivity (Wildman–Crippen MR) is 91.0 cm³/mol. The van der Waals surface area contributed by atoms with Gasteiger partial charge in [-0.05, 0) is 18.2 Å². The van der Waals surface area contributed by atoms with Crippen LogP contribution in [0, 0.1) is 0 Å². The van der Waals surface area contributed by atoms with Gasteiger partial charge in [-0.25, -0.2) is 4.79 Å². The molecule has 6 nitrogen and oxygen atoms in total. The fraction of sp³-hybridized carbons (Fsp3) is 0. The minimum atomic E-state index is -1.14. The minimum absolute atomic E-state index is 0.0236. The first-order valence-corrected chi connectivity index (χ1v) is 7.70. The Bertz CT molecular complexity index is 906. The van der Waals surface area contributed by atoms with Crippen molar-refractivity contribution in [1.29, 1.82) is 0 Å². The number of carboxylic acid groups (broad SMARTS) is 1. The van der Waals surface area contributed by atoms with E-state index in [4.69, 9.17) is 4.52 Å². The average molecular weight is 387 g/mol. The van der Waals surface area contributed by atoms with Crippen molar-refractivity contribution >= 4 is 33.5 Å². The number of nitrogens with one attached hydrogen (secondary N) is 1. The molecule has 120 valence electrons. The van der Waals surface area contributed by atoms with Crippen LogP contribution in [-0.2, 0) is 0 Å². The second-order valence-electron chi connectivity index (χ2n) is 4.89. The summed E-state index contributed by atoms with van der Waals surface area (Å²) in [6, 6.07) is 15.3. The van der Waals surface area contributed by atoms with E-state index in [1.807, 2.05) is 30.3 Å². The molecule has 0 unspecified atom stereocenters. The number of aromatic nitrogens is 1. The van der Waals surface area contributed by atoms with Crippen molar-refractivity contribution in [3.63, 3.8) is 0 Å². The first kappa shape index (κ1) is 15.9. The van der Waals surface area contributed by atoms with Gasteiger partial charge >= 0.3 is 5.97 Å². The molecule has 0 fully saturated rings. The van der Waals surface area contributed by atoms with E-state index < -0.39 is 11.9 Å². The van der Waals surface area contributed by atoms with Gasteiger partial charge in [-0.3, -0.25) is 4.79 Å². The smallest absolute Gasteiger partial charge is 0.337 e. The van der Waals surface area contributed by atoms with Crippen molar-refractivity contribution in [1.82, 2.24) is 5.16 Å². The molecule has 0 spiro atoms. The standard InChI is InChI=1S/C17H11BrN2O4/c18-11-6-7-13(12(8-11)17(22)23)19-16(21)14-9-15(24-20-14)10-4-2-1-3-5-10/h1-9H,(H,19,21)(H,22,23).